The molecule has 5 rings (SSSR count). The van der Waals surface area contributed by atoms with Crippen molar-refractivity contribution in [3.05, 3.63) is 98.6 Å². The van der Waals surface area contributed by atoms with Gasteiger partial charge in [-0.1, -0.05) is 29.8 Å². The van der Waals surface area contributed by atoms with Crippen molar-refractivity contribution in [1.82, 2.24) is 19.6 Å². The fourth-order valence-electron chi connectivity index (χ4n) is 3.99. The maximum Gasteiger partial charge on any atom is 0.281 e. The summed E-state index contributed by atoms with van der Waals surface area (Å²) in [7, 11) is 0. The van der Waals surface area contributed by atoms with Crippen LogP contribution >= 0.6 is 11.6 Å². The van der Waals surface area contributed by atoms with Crippen molar-refractivity contribution >= 4 is 23.3 Å². The molecule has 0 bridgehead atoms. The Labute approximate surface area is 189 Å². The summed E-state index contributed by atoms with van der Waals surface area (Å²) in [5.41, 5.74) is 3.52. The van der Waals surface area contributed by atoms with Crippen LogP contribution in [0.3, 0.4) is 0 Å². The van der Waals surface area contributed by atoms with Gasteiger partial charge in [0.1, 0.15) is 5.82 Å². The molecule has 2 aromatic heterocycles. The molecule has 4 aromatic rings. The van der Waals surface area contributed by atoms with Crippen LogP contribution in [0.2, 0.25) is 5.02 Å². The van der Waals surface area contributed by atoms with Crippen molar-refractivity contribution in [3.8, 4) is 11.4 Å². The minimum atomic E-state index is -0.565. The van der Waals surface area contributed by atoms with Gasteiger partial charge in [0.15, 0.2) is 5.69 Å². The summed E-state index contributed by atoms with van der Waals surface area (Å²) in [6.45, 7) is 1.77. The Hall–Kier alpha value is -3.71. The highest BCUT2D eigenvalue weighted by Crippen LogP contribution is 2.31. The quantitative estimate of drug-likeness (QED) is 0.512. The Morgan fingerprint density at radius 3 is 2.44 bits per heavy atom. The minimum Gasteiger partial charge on any atom is -0.305 e. The number of nitrogens with zero attached hydrogens (tertiary/aromatic N) is 4. The van der Waals surface area contributed by atoms with Gasteiger partial charge in [0.2, 0.25) is 5.43 Å². The molecule has 0 spiro atoms. The third-order valence-electron chi connectivity index (χ3n) is 5.53. The zero-order chi connectivity index (χ0) is 22.2. The number of rotatable bonds is 4. The molecule has 0 atom stereocenters. The second kappa shape index (κ2) is 8.09. The number of halogens is 1. The molecular weight excluding hydrogens is 426 g/mol. The summed E-state index contributed by atoms with van der Waals surface area (Å²) < 4.78 is 3.29. The number of aromatic nitrogens is 4. The Balaban J connectivity index is 1.55. The van der Waals surface area contributed by atoms with Gasteiger partial charge >= 0.3 is 0 Å². The summed E-state index contributed by atoms with van der Waals surface area (Å²) in [5.74, 6) is 0.0259. The maximum absolute atomic E-state index is 13.2. The Kier molecular flexibility index (Phi) is 5.11. The molecular formula is C24H20ClN5O2. The van der Waals surface area contributed by atoms with Crippen molar-refractivity contribution in [1.29, 1.82) is 0 Å². The standard InChI is InChI=1S/C24H20ClN5O2/c1-15-14-21(31)22(28-29(15)18-12-10-16(25)11-13-18)24(32)26-23-19-8-5-9-20(19)27-30(23)17-6-3-2-4-7-17/h2-4,6-7,10-14H,5,8-9H2,1H3,(H,26,32). The zero-order valence-corrected chi connectivity index (χ0v) is 18.1. The number of amides is 1. The Morgan fingerprint density at radius 2 is 1.69 bits per heavy atom. The maximum atomic E-state index is 13.2. The van der Waals surface area contributed by atoms with Crippen LogP contribution in [-0.2, 0) is 12.8 Å². The lowest BCUT2D eigenvalue weighted by Crippen LogP contribution is -2.28. The predicted molar refractivity (Wildman–Crippen MR) is 123 cm³/mol. The lowest BCUT2D eigenvalue weighted by Gasteiger charge is -2.13. The lowest BCUT2D eigenvalue weighted by atomic mass is 10.2. The van der Waals surface area contributed by atoms with Crippen molar-refractivity contribution in [2.24, 2.45) is 0 Å². The van der Waals surface area contributed by atoms with E-state index in [2.05, 4.69) is 10.4 Å². The molecule has 0 fully saturated rings. The molecule has 1 N–H and O–H groups in total. The average molecular weight is 446 g/mol. The number of fused-ring (bicyclic) bond motifs is 1. The van der Waals surface area contributed by atoms with Crippen LogP contribution in [0, 0.1) is 6.92 Å². The van der Waals surface area contributed by atoms with E-state index in [1.54, 1.807) is 40.6 Å². The highest BCUT2D eigenvalue weighted by Gasteiger charge is 2.26. The van der Waals surface area contributed by atoms with Gasteiger partial charge < -0.3 is 5.32 Å². The highest BCUT2D eigenvalue weighted by molar-refractivity contribution is 6.30. The van der Waals surface area contributed by atoms with E-state index < -0.39 is 11.3 Å². The normalized spacial score (nSPS) is 12.6. The molecule has 8 heteroatoms. The van der Waals surface area contributed by atoms with Gasteiger partial charge in [-0.25, -0.2) is 9.36 Å². The van der Waals surface area contributed by atoms with E-state index in [0.717, 1.165) is 36.2 Å². The van der Waals surface area contributed by atoms with Crippen molar-refractivity contribution in [2.75, 3.05) is 5.32 Å². The average Bonchev–Trinajstić information content (AvgIpc) is 3.38. The summed E-state index contributed by atoms with van der Waals surface area (Å²) >= 11 is 5.99. The van der Waals surface area contributed by atoms with Crippen molar-refractivity contribution in [2.45, 2.75) is 26.2 Å². The molecule has 0 saturated carbocycles. The molecule has 2 aromatic carbocycles. The topological polar surface area (TPSA) is 81.8 Å². The first kappa shape index (κ1) is 20.2. The molecule has 0 radical (unpaired) electrons. The molecule has 0 unspecified atom stereocenters. The number of aryl methyl sites for hydroxylation is 2. The molecule has 1 amide bonds. The SMILES string of the molecule is Cc1cc(=O)c(C(=O)Nc2c3c(nn2-c2ccccc2)CCC3)nn1-c1ccc(Cl)cc1. The largest absolute Gasteiger partial charge is 0.305 e. The third kappa shape index (κ3) is 3.61. The molecule has 32 heavy (non-hydrogen) atoms. The Bertz CT molecular complexity index is 1370. The number of nitrogens with one attached hydrogen (secondary N) is 1. The van der Waals surface area contributed by atoms with Gasteiger partial charge in [-0.3, -0.25) is 9.59 Å². The molecule has 0 saturated heterocycles. The van der Waals surface area contributed by atoms with Crippen molar-refractivity contribution in [3.63, 3.8) is 0 Å². The summed E-state index contributed by atoms with van der Waals surface area (Å²) in [6, 6.07) is 18.1. The number of hydrogen-bond acceptors (Lipinski definition) is 4. The van der Waals surface area contributed by atoms with Gasteiger partial charge in [0.05, 0.1) is 17.1 Å². The first-order valence-electron chi connectivity index (χ1n) is 10.4. The lowest BCUT2D eigenvalue weighted by molar-refractivity contribution is 0.101. The predicted octanol–water partition coefficient (Wildman–Crippen LogP) is 4.12. The molecule has 1 aliphatic carbocycles. The monoisotopic (exact) mass is 445 g/mol. The van der Waals surface area contributed by atoms with Gasteiger partial charge in [-0.15, -0.1) is 0 Å². The number of carbonyl (C=O) groups excluding carboxylic acids is 1. The number of para-hydroxylation sites is 1. The van der Waals surface area contributed by atoms with Crippen LogP contribution in [-0.4, -0.2) is 25.5 Å². The Morgan fingerprint density at radius 1 is 0.969 bits per heavy atom. The number of carbonyl (C=O) groups is 1. The molecule has 7 nitrogen and oxygen atoms in total. The minimum absolute atomic E-state index is 0.182. The first-order valence-corrected chi connectivity index (χ1v) is 10.7. The highest BCUT2D eigenvalue weighted by atomic mass is 35.5. The summed E-state index contributed by atoms with van der Waals surface area (Å²) in [5, 5.41) is 12.6. The van der Waals surface area contributed by atoms with Crippen LogP contribution in [0.1, 0.15) is 33.9 Å². The van der Waals surface area contributed by atoms with E-state index in [9.17, 15) is 9.59 Å². The van der Waals surface area contributed by atoms with E-state index >= 15 is 0 Å². The summed E-state index contributed by atoms with van der Waals surface area (Å²) in [4.78, 5) is 25.9. The second-order valence-corrected chi connectivity index (χ2v) is 8.15. The van der Waals surface area contributed by atoms with Gasteiger partial charge in [-0.2, -0.15) is 10.2 Å². The fraction of sp³-hybridized carbons (Fsp3) is 0.167. The van der Waals surface area contributed by atoms with Crippen molar-refractivity contribution < 1.29 is 4.79 Å². The molecule has 0 aliphatic heterocycles. The fourth-order valence-corrected chi connectivity index (χ4v) is 4.12. The third-order valence-corrected chi connectivity index (χ3v) is 5.79. The van der Waals surface area contributed by atoms with E-state index in [1.165, 1.54) is 6.07 Å². The van der Waals surface area contributed by atoms with E-state index in [0.29, 0.717) is 22.2 Å². The van der Waals surface area contributed by atoms with Crippen LogP contribution < -0.4 is 10.7 Å². The smallest absolute Gasteiger partial charge is 0.281 e. The van der Waals surface area contributed by atoms with E-state index in [4.69, 9.17) is 16.7 Å². The van der Waals surface area contributed by atoms with Crippen LogP contribution in [0.25, 0.3) is 11.4 Å². The molecule has 160 valence electrons. The molecule has 2 heterocycles. The van der Waals surface area contributed by atoms with Crippen LogP contribution in [0.15, 0.2) is 65.5 Å². The first-order chi connectivity index (χ1) is 15.5. The number of anilines is 1. The van der Waals surface area contributed by atoms with Gasteiger partial charge in [0, 0.05) is 22.3 Å². The second-order valence-electron chi connectivity index (χ2n) is 7.72. The van der Waals surface area contributed by atoms with Gasteiger partial charge in [-0.05, 0) is 62.6 Å². The number of benzene rings is 2. The van der Waals surface area contributed by atoms with Crippen LogP contribution in [0.4, 0.5) is 5.82 Å². The van der Waals surface area contributed by atoms with Crippen LogP contribution in [0.5, 0.6) is 0 Å². The zero-order valence-electron chi connectivity index (χ0n) is 17.4. The number of hydrogen-bond donors (Lipinski definition) is 1. The van der Waals surface area contributed by atoms with Gasteiger partial charge in [0.25, 0.3) is 5.91 Å². The summed E-state index contributed by atoms with van der Waals surface area (Å²) in [6.07, 6.45) is 2.68. The van der Waals surface area contributed by atoms with E-state index in [-0.39, 0.29) is 5.69 Å². The molecule has 1 aliphatic rings. The van der Waals surface area contributed by atoms with E-state index in [1.807, 2.05) is 30.3 Å².